The number of aromatic nitrogens is 2. The van der Waals surface area contributed by atoms with Crippen LogP contribution in [0.4, 0.5) is 0 Å². The maximum absolute atomic E-state index is 12.5. The van der Waals surface area contributed by atoms with Crippen LogP contribution in [0.15, 0.2) is 26.3 Å². The molecular formula is C17H19IN4O2. The first kappa shape index (κ1) is 16.0. The molecule has 4 rings (SSSR count). The lowest BCUT2D eigenvalue weighted by molar-refractivity contribution is 0.221. The van der Waals surface area contributed by atoms with Gasteiger partial charge in [0, 0.05) is 26.1 Å². The van der Waals surface area contributed by atoms with Crippen molar-refractivity contribution in [3.8, 4) is 0 Å². The average molecular weight is 438 g/mol. The Morgan fingerprint density at radius 2 is 2.21 bits per heavy atom. The van der Waals surface area contributed by atoms with Gasteiger partial charge in [0.15, 0.2) is 9.59 Å². The first-order chi connectivity index (χ1) is 11.7. The van der Waals surface area contributed by atoms with Crippen molar-refractivity contribution in [3.63, 3.8) is 0 Å². The van der Waals surface area contributed by atoms with E-state index in [0.717, 1.165) is 71.8 Å². The highest BCUT2D eigenvalue weighted by Crippen LogP contribution is 2.19. The van der Waals surface area contributed by atoms with Gasteiger partial charge in [0.1, 0.15) is 5.76 Å². The molecule has 0 radical (unpaired) electrons. The van der Waals surface area contributed by atoms with E-state index in [1.165, 1.54) is 0 Å². The minimum absolute atomic E-state index is 0.0259. The molecule has 126 valence electrons. The van der Waals surface area contributed by atoms with E-state index in [9.17, 15) is 4.79 Å². The van der Waals surface area contributed by atoms with Gasteiger partial charge in [0.2, 0.25) is 0 Å². The number of aliphatic imine (C=N–C) groups is 1. The summed E-state index contributed by atoms with van der Waals surface area (Å²) in [6.07, 6.45) is 3.94. The highest BCUT2D eigenvalue weighted by atomic mass is 127. The van der Waals surface area contributed by atoms with Gasteiger partial charge < -0.3 is 9.40 Å². The van der Waals surface area contributed by atoms with Crippen LogP contribution in [0.1, 0.15) is 42.1 Å². The molecule has 2 aliphatic heterocycles. The summed E-state index contributed by atoms with van der Waals surface area (Å²) in [6, 6.07) is 3.95. The van der Waals surface area contributed by atoms with E-state index >= 15 is 0 Å². The van der Waals surface area contributed by atoms with Gasteiger partial charge in [0.05, 0.1) is 23.5 Å². The van der Waals surface area contributed by atoms with E-state index in [2.05, 4.69) is 37.5 Å². The number of rotatable bonds is 3. The van der Waals surface area contributed by atoms with Crippen LogP contribution in [0, 0.1) is 3.77 Å². The van der Waals surface area contributed by atoms with Gasteiger partial charge in [-0.3, -0.25) is 14.7 Å². The molecule has 0 fully saturated rings. The van der Waals surface area contributed by atoms with Crippen molar-refractivity contribution in [2.24, 2.45) is 4.99 Å². The molecule has 4 heterocycles. The Balaban J connectivity index is 1.56. The molecule has 0 saturated carbocycles. The zero-order chi connectivity index (χ0) is 16.5. The zero-order valence-electron chi connectivity index (χ0n) is 13.3. The number of H-pyrrole nitrogens is 1. The maximum atomic E-state index is 12.5. The van der Waals surface area contributed by atoms with Crippen molar-refractivity contribution in [2.45, 2.75) is 38.8 Å². The lowest BCUT2D eigenvalue weighted by atomic mass is 10.1. The fourth-order valence-corrected chi connectivity index (χ4v) is 3.76. The molecule has 0 aliphatic carbocycles. The van der Waals surface area contributed by atoms with Gasteiger partial charge in [-0.15, -0.1) is 0 Å². The number of hydrogen-bond acceptors (Lipinski definition) is 5. The molecule has 7 heteroatoms. The number of fused-ring (bicyclic) bond motifs is 1. The normalized spacial score (nSPS) is 18.3. The van der Waals surface area contributed by atoms with E-state index in [4.69, 9.17) is 9.40 Å². The van der Waals surface area contributed by atoms with E-state index in [0.29, 0.717) is 12.4 Å². The van der Waals surface area contributed by atoms with Crippen molar-refractivity contribution in [3.05, 3.63) is 49.1 Å². The molecule has 24 heavy (non-hydrogen) atoms. The molecule has 0 bridgehead atoms. The molecule has 0 atom stereocenters. The molecule has 0 unspecified atom stereocenters. The first-order valence-corrected chi connectivity index (χ1v) is 9.39. The van der Waals surface area contributed by atoms with Crippen LogP contribution < -0.4 is 5.56 Å². The molecule has 6 nitrogen and oxygen atoms in total. The third-order valence-electron chi connectivity index (χ3n) is 4.55. The lowest BCUT2D eigenvalue weighted by Crippen LogP contribution is -2.36. The van der Waals surface area contributed by atoms with Gasteiger partial charge in [-0.2, -0.15) is 0 Å². The summed E-state index contributed by atoms with van der Waals surface area (Å²) in [6.45, 7) is 3.05. The first-order valence-electron chi connectivity index (χ1n) is 8.31. The van der Waals surface area contributed by atoms with Gasteiger partial charge in [-0.05, 0) is 54.0 Å². The van der Waals surface area contributed by atoms with Crippen LogP contribution in [-0.4, -0.2) is 33.7 Å². The van der Waals surface area contributed by atoms with Gasteiger partial charge in [-0.25, -0.2) is 4.98 Å². The van der Waals surface area contributed by atoms with Crippen LogP contribution >= 0.6 is 22.6 Å². The smallest absolute Gasteiger partial charge is 0.255 e. The third kappa shape index (κ3) is 3.32. The van der Waals surface area contributed by atoms with E-state index in [1.54, 1.807) is 0 Å². The average Bonchev–Trinajstić information content (AvgIpc) is 3.01. The van der Waals surface area contributed by atoms with Crippen molar-refractivity contribution in [1.29, 1.82) is 0 Å². The summed E-state index contributed by atoms with van der Waals surface area (Å²) in [4.78, 5) is 26.9. The number of halogens is 1. The number of nitrogens with zero attached hydrogens (tertiary/aromatic N) is 3. The van der Waals surface area contributed by atoms with Crippen LogP contribution in [0.2, 0.25) is 0 Å². The zero-order valence-corrected chi connectivity index (χ0v) is 15.5. The summed E-state index contributed by atoms with van der Waals surface area (Å²) < 4.78 is 6.52. The second-order valence-corrected chi connectivity index (χ2v) is 7.35. The largest absolute Gasteiger partial charge is 0.454 e. The van der Waals surface area contributed by atoms with Gasteiger partial charge >= 0.3 is 0 Å². The molecule has 0 spiro atoms. The summed E-state index contributed by atoms with van der Waals surface area (Å²) in [5.41, 5.74) is 2.63. The highest BCUT2D eigenvalue weighted by molar-refractivity contribution is 14.1. The van der Waals surface area contributed by atoms with Gasteiger partial charge in [0.25, 0.3) is 5.56 Å². The number of furan rings is 1. The molecule has 0 saturated heterocycles. The van der Waals surface area contributed by atoms with Crippen molar-refractivity contribution >= 4 is 28.3 Å². The number of aromatic amines is 1. The van der Waals surface area contributed by atoms with Crippen LogP contribution in [0.5, 0.6) is 0 Å². The number of nitrogens with one attached hydrogen (secondary N) is 1. The summed E-state index contributed by atoms with van der Waals surface area (Å²) in [5.74, 6) is 1.60. The standard InChI is InChI=1S/C17H19IN4O2/c18-15-5-4-11(24-15)9-22-8-6-13-12(10-22)17(23)21-16(20-13)14-3-1-2-7-19-14/h4-5H,1-3,6-10H2,(H,20,21,23). The minimum atomic E-state index is -0.0259. The molecule has 0 amide bonds. The molecule has 2 aromatic rings. The molecule has 1 N–H and O–H groups in total. The molecule has 2 aliphatic rings. The summed E-state index contributed by atoms with van der Waals surface area (Å²) >= 11 is 2.16. The van der Waals surface area contributed by atoms with Crippen molar-refractivity contribution in [1.82, 2.24) is 14.9 Å². The minimum Gasteiger partial charge on any atom is -0.454 e. The predicted octanol–water partition coefficient (Wildman–Crippen LogP) is 2.50. The third-order valence-corrected chi connectivity index (χ3v) is 5.13. The summed E-state index contributed by atoms with van der Waals surface area (Å²) in [7, 11) is 0. The predicted molar refractivity (Wildman–Crippen MR) is 99.4 cm³/mol. The highest BCUT2D eigenvalue weighted by Gasteiger charge is 2.23. The number of hydrogen-bond donors (Lipinski definition) is 1. The topological polar surface area (TPSA) is 74.5 Å². The fraction of sp³-hybridized carbons (Fsp3) is 0.471. The van der Waals surface area contributed by atoms with Crippen molar-refractivity contribution in [2.75, 3.05) is 13.1 Å². The molecule has 0 aromatic carbocycles. The Morgan fingerprint density at radius 3 is 2.96 bits per heavy atom. The SMILES string of the molecule is O=c1[nH]c(C2=NCCCC2)nc2c1CN(Cc1ccc(I)o1)CC2. The molecular weight excluding hydrogens is 419 g/mol. The van der Waals surface area contributed by atoms with E-state index < -0.39 is 0 Å². The Kier molecular flexibility index (Phi) is 4.53. The van der Waals surface area contributed by atoms with E-state index in [-0.39, 0.29) is 5.56 Å². The van der Waals surface area contributed by atoms with E-state index in [1.807, 2.05) is 12.1 Å². The monoisotopic (exact) mass is 438 g/mol. The maximum Gasteiger partial charge on any atom is 0.255 e. The van der Waals surface area contributed by atoms with Crippen LogP contribution in [0.3, 0.4) is 0 Å². The lowest BCUT2D eigenvalue weighted by Gasteiger charge is -2.27. The Hall–Kier alpha value is -1.48. The molecule has 2 aromatic heterocycles. The fourth-order valence-electron chi connectivity index (χ4n) is 3.30. The van der Waals surface area contributed by atoms with Crippen molar-refractivity contribution < 1.29 is 4.42 Å². The Bertz CT molecular complexity index is 839. The van der Waals surface area contributed by atoms with Crippen LogP contribution in [-0.2, 0) is 19.5 Å². The second-order valence-electron chi connectivity index (χ2n) is 6.29. The Labute approximate surface area is 153 Å². The van der Waals surface area contributed by atoms with Gasteiger partial charge in [-0.1, -0.05) is 0 Å². The Morgan fingerprint density at radius 1 is 1.29 bits per heavy atom. The summed E-state index contributed by atoms with van der Waals surface area (Å²) in [5, 5.41) is 0. The quantitative estimate of drug-likeness (QED) is 0.748. The second kappa shape index (κ2) is 6.79. The van der Waals surface area contributed by atoms with Crippen LogP contribution in [0.25, 0.3) is 0 Å².